The summed E-state index contributed by atoms with van der Waals surface area (Å²) in [6.07, 6.45) is 0.894. The van der Waals surface area contributed by atoms with E-state index in [0.29, 0.717) is 27.7 Å². The Labute approximate surface area is 288 Å². The largest absolute Gasteiger partial charge is 0.352 e. The number of nitrogens with one attached hydrogen (secondary N) is 1. The van der Waals surface area contributed by atoms with Gasteiger partial charge in [-0.1, -0.05) is 111 Å². The van der Waals surface area contributed by atoms with E-state index in [-0.39, 0.29) is 35.7 Å². The highest BCUT2D eigenvalue weighted by Gasteiger charge is 2.35. The van der Waals surface area contributed by atoms with E-state index < -0.39 is 28.5 Å². The fourth-order valence-corrected chi connectivity index (χ4v) is 7.01. The Hall–Kier alpha value is -3.85. The van der Waals surface area contributed by atoms with E-state index in [0.717, 1.165) is 15.4 Å². The molecule has 0 spiro atoms. The summed E-state index contributed by atoms with van der Waals surface area (Å²) in [4.78, 5) is 30.1. The highest BCUT2D eigenvalue weighted by molar-refractivity contribution is 7.92. The van der Waals surface area contributed by atoms with Crippen molar-refractivity contribution >= 4 is 50.7 Å². The summed E-state index contributed by atoms with van der Waals surface area (Å²) in [7, 11) is -4.19. The van der Waals surface area contributed by atoms with Crippen LogP contribution in [-0.2, 0) is 32.6 Å². The van der Waals surface area contributed by atoms with Crippen molar-refractivity contribution < 1.29 is 18.0 Å². The van der Waals surface area contributed by atoms with Crippen molar-refractivity contribution in [1.29, 1.82) is 0 Å². The van der Waals surface area contributed by atoms with Crippen LogP contribution < -0.4 is 9.62 Å². The van der Waals surface area contributed by atoms with Crippen LogP contribution in [0.15, 0.2) is 108 Å². The van der Waals surface area contributed by atoms with Crippen LogP contribution >= 0.6 is 23.2 Å². The third-order valence-electron chi connectivity index (χ3n) is 8.09. The number of hydrogen-bond acceptors (Lipinski definition) is 4. The molecule has 0 saturated carbocycles. The van der Waals surface area contributed by atoms with Crippen LogP contribution in [0.4, 0.5) is 5.69 Å². The maximum absolute atomic E-state index is 14.6. The molecule has 1 N–H and O–H groups in total. The van der Waals surface area contributed by atoms with Gasteiger partial charge in [0.15, 0.2) is 0 Å². The van der Waals surface area contributed by atoms with Gasteiger partial charge in [-0.05, 0) is 72.4 Å². The number of rotatable bonds is 14. The van der Waals surface area contributed by atoms with Crippen LogP contribution in [0, 0.1) is 0 Å². The summed E-state index contributed by atoms with van der Waals surface area (Å²) in [5.41, 5.74) is 2.77. The summed E-state index contributed by atoms with van der Waals surface area (Å²) >= 11 is 12.8. The van der Waals surface area contributed by atoms with Gasteiger partial charge in [-0.15, -0.1) is 0 Å². The van der Waals surface area contributed by atoms with Crippen LogP contribution in [-0.4, -0.2) is 43.8 Å². The van der Waals surface area contributed by atoms with Gasteiger partial charge in [0.1, 0.15) is 12.6 Å². The summed E-state index contributed by atoms with van der Waals surface area (Å²) in [6, 6.07) is 28.4. The first-order valence-corrected chi connectivity index (χ1v) is 17.9. The van der Waals surface area contributed by atoms with Gasteiger partial charge in [-0.25, -0.2) is 8.42 Å². The lowest BCUT2D eigenvalue weighted by molar-refractivity contribution is -0.140. The minimum Gasteiger partial charge on any atom is -0.352 e. The fourth-order valence-electron chi connectivity index (χ4n) is 5.10. The lowest BCUT2D eigenvalue weighted by Crippen LogP contribution is -2.54. The summed E-state index contributed by atoms with van der Waals surface area (Å²) in [6.45, 7) is 7.36. The predicted octanol–water partition coefficient (Wildman–Crippen LogP) is 7.87. The Morgan fingerprint density at radius 3 is 2.02 bits per heavy atom. The van der Waals surface area contributed by atoms with Gasteiger partial charge in [0.05, 0.1) is 10.6 Å². The smallest absolute Gasteiger partial charge is 0.264 e. The van der Waals surface area contributed by atoms with Crippen LogP contribution in [0.25, 0.3) is 0 Å². The molecular weight excluding hydrogens is 653 g/mol. The maximum atomic E-state index is 14.6. The lowest BCUT2D eigenvalue weighted by Gasteiger charge is -2.34. The molecule has 248 valence electrons. The number of halogens is 2. The first kappa shape index (κ1) is 36.0. The van der Waals surface area contributed by atoms with Crippen LogP contribution in [0.3, 0.4) is 0 Å². The van der Waals surface area contributed by atoms with E-state index >= 15 is 0 Å². The Kier molecular flexibility index (Phi) is 12.5. The van der Waals surface area contributed by atoms with Gasteiger partial charge in [0.2, 0.25) is 11.8 Å². The number of sulfonamides is 1. The molecule has 0 fully saturated rings. The van der Waals surface area contributed by atoms with E-state index in [1.165, 1.54) is 17.0 Å². The highest BCUT2D eigenvalue weighted by Crippen LogP contribution is 2.28. The SMILES string of the molecule is CC[C@H](C)NC(=O)[C@H](Cc1ccccc1)N(Cc1ccc(Cl)cc1Cl)C(=O)CN(c1ccc(C(C)C)cc1)S(=O)(=O)c1ccccc1. The molecule has 4 aromatic carbocycles. The van der Waals surface area contributed by atoms with Gasteiger partial charge < -0.3 is 10.2 Å². The third kappa shape index (κ3) is 9.37. The molecule has 0 aliphatic heterocycles. The van der Waals surface area contributed by atoms with E-state index in [1.807, 2.05) is 70.2 Å². The number of anilines is 1. The van der Waals surface area contributed by atoms with Crippen molar-refractivity contribution in [3.8, 4) is 0 Å². The topological polar surface area (TPSA) is 86.8 Å². The normalized spacial score (nSPS) is 12.7. The number of carbonyl (C=O) groups is 2. The molecule has 0 radical (unpaired) electrons. The Balaban J connectivity index is 1.83. The molecule has 0 saturated heterocycles. The molecule has 47 heavy (non-hydrogen) atoms. The van der Waals surface area contributed by atoms with Gasteiger partial charge in [0.25, 0.3) is 10.0 Å². The van der Waals surface area contributed by atoms with Crippen molar-refractivity contribution in [2.75, 3.05) is 10.8 Å². The standard InChI is InChI=1S/C37H41Cl2N3O4S/c1-5-27(4)40-37(44)35(22-28-12-8-6-9-13-28)41(24-30-16-19-31(38)23-34(30)39)36(43)25-42(32-20-17-29(18-21-32)26(2)3)47(45,46)33-14-10-7-11-15-33/h6-21,23,26-27,35H,5,22,24-25H2,1-4H3,(H,40,44)/t27-,35-/m0/s1. The quantitative estimate of drug-likeness (QED) is 0.146. The number of nitrogens with zero attached hydrogens (tertiary/aromatic N) is 2. The van der Waals surface area contributed by atoms with Gasteiger partial charge in [-0.3, -0.25) is 13.9 Å². The number of carbonyl (C=O) groups excluding carboxylic acids is 2. The molecule has 7 nitrogen and oxygen atoms in total. The average Bonchev–Trinajstić information content (AvgIpc) is 3.06. The van der Waals surface area contributed by atoms with Gasteiger partial charge in [0, 0.05) is 29.1 Å². The molecule has 0 aliphatic rings. The maximum Gasteiger partial charge on any atom is 0.264 e. The van der Waals surface area contributed by atoms with E-state index in [2.05, 4.69) is 5.32 Å². The van der Waals surface area contributed by atoms with Crippen LogP contribution in [0.5, 0.6) is 0 Å². The zero-order valence-electron chi connectivity index (χ0n) is 27.1. The second-order valence-electron chi connectivity index (χ2n) is 11.9. The zero-order chi connectivity index (χ0) is 34.1. The van der Waals surface area contributed by atoms with E-state index in [1.54, 1.807) is 48.5 Å². The average molecular weight is 695 g/mol. The minimum atomic E-state index is -4.19. The van der Waals surface area contributed by atoms with Crippen LogP contribution in [0.2, 0.25) is 10.0 Å². The van der Waals surface area contributed by atoms with Crippen LogP contribution in [0.1, 0.15) is 56.7 Å². The Morgan fingerprint density at radius 1 is 0.830 bits per heavy atom. The van der Waals surface area contributed by atoms with Crippen molar-refractivity contribution in [3.05, 3.63) is 130 Å². The number of amides is 2. The number of hydrogen-bond donors (Lipinski definition) is 1. The monoisotopic (exact) mass is 693 g/mol. The second kappa shape index (κ2) is 16.3. The predicted molar refractivity (Wildman–Crippen MR) is 190 cm³/mol. The van der Waals surface area contributed by atoms with Gasteiger partial charge >= 0.3 is 0 Å². The van der Waals surface area contributed by atoms with Crippen molar-refractivity contribution in [2.45, 2.75) is 70.0 Å². The third-order valence-corrected chi connectivity index (χ3v) is 10.5. The van der Waals surface area contributed by atoms with Gasteiger partial charge in [-0.2, -0.15) is 0 Å². The molecule has 0 bridgehead atoms. The molecule has 0 aliphatic carbocycles. The number of benzene rings is 4. The zero-order valence-corrected chi connectivity index (χ0v) is 29.4. The minimum absolute atomic E-state index is 0.0448. The van der Waals surface area contributed by atoms with Crippen molar-refractivity contribution in [3.63, 3.8) is 0 Å². The molecule has 4 aromatic rings. The second-order valence-corrected chi connectivity index (χ2v) is 14.6. The van der Waals surface area contributed by atoms with Crippen molar-refractivity contribution in [1.82, 2.24) is 10.2 Å². The highest BCUT2D eigenvalue weighted by atomic mass is 35.5. The molecule has 0 heterocycles. The van der Waals surface area contributed by atoms with E-state index in [4.69, 9.17) is 23.2 Å². The first-order chi connectivity index (χ1) is 22.4. The van der Waals surface area contributed by atoms with Crippen molar-refractivity contribution in [2.24, 2.45) is 0 Å². The molecule has 0 aromatic heterocycles. The molecule has 2 atom stereocenters. The van der Waals surface area contributed by atoms with E-state index in [9.17, 15) is 18.0 Å². The molecular formula is C37H41Cl2N3O4S. The Morgan fingerprint density at radius 2 is 1.45 bits per heavy atom. The Bertz CT molecular complexity index is 1750. The molecule has 4 rings (SSSR count). The lowest BCUT2D eigenvalue weighted by atomic mass is 10.0. The molecule has 0 unspecified atom stereocenters. The first-order valence-electron chi connectivity index (χ1n) is 15.7. The molecule has 2 amide bonds. The summed E-state index contributed by atoms with van der Waals surface area (Å²) in [5, 5.41) is 3.79. The molecule has 10 heteroatoms. The summed E-state index contributed by atoms with van der Waals surface area (Å²) < 4.78 is 29.5. The summed E-state index contributed by atoms with van der Waals surface area (Å²) in [5.74, 6) is -0.684. The fraction of sp³-hybridized carbons (Fsp3) is 0.297.